The van der Waals surface area contributed by atoms with Crippen molar-refractivity contribution in [3.63, 3.8) is 0 Å². The van der Waals surface area contributed by atoms with Crippen molar-refractivity contribution in [1.82, 2.24) is 0 Å². The van der Waals surface area contributed by atoms with E-state index in [1.165, 1.54) is 6.21 Å². The Bertz CT molecular complexity index is 600. The largest absolute Gasteiger partial charge is 0.511 e. The van der Waals surface area contributed by atoms with Crippen LogP contribution in [0.3, 0.4) is 0 Å². The number of hydrogen-bond acceptors (Lipinski definition) is 4. The van der Waals surface area contributed by atoms with Gasteiger partial charge in [0.05, 0.1) is 17.9 Å². The van der Waals surface area contributed by atoms with Gasteiger partial charge in [0.15, 0.2) is 5.78 Å². The predicted octanol–water partition coefficient (Wildman–Crippen LogP) is 3.99. The van der Waals surface area contributed by atoms with Gasteiger partial charge in [-0.2, -0.15) is 0 Å². The Morgan fingerprint density at radius 1 is 1.38 bits per heavy atom. The monoisotopic (exact) mass is 287 g/mol. The molecule has 0 aromatic heterocycles. The average Bonchev–Trinajstić information content (AvgIpc) is 2.37. The number of carbonyl (C=O) groups is 1. The van der Waals surface area contributed by atoms with Gasteiger partial charge in [0.2, 0.25) is 0 Å². The van der Waals surface area contributed by atoms with Gasteiger partial charge < -0.3 is 9.84 Å². The van der Waals surface area contributed by atoms with Crippen LogP contribution in [0.25, 0.3) is 0 Å². The van der Waals surface area contributed by atoms with Crippen molar-refractivity contribution in [1.29, 1.82) is 0 Å². The summed E-state index contributed by atoms with van der Waals surface area (Å²) in [5.74, 6) is 0.802. The van der Waals surface area contributed by atoms with Crippen LogP contribution in [0.4, 0.5) is 5.69 Å². The van der Waals surface area contributed by atoms with Crippen molar-refractivity contribution in [2.24, 2.45) is 10.4 Å². The van der Waals surface area contributed by atoms with Crippen LogP contribution in [0.2, 0.25) is 0 Å². The molecular formula is C17H21NO3. The van der Waals surface area contributed by atoms with Gasteiger partial charge in [0.1, 0.15) is 11.5 Å². The van der Waals surface area contributed by atoms with Gasteiger partial charge >= 0.3 is 0 Å². The lowest BCUT2D eigenvalue weighted by Gasteiger charge is -2.28. The first-order valence-corrected chi connectivity index (χ1v) is 7.13. The van der Waals surface area contributed by atoms with Crippen LogP contribution < -0.4 is 4.74 Å². The van der Waals surface area contributed by atoms with E-state index in [0.29, 0.717) is 30.7 Å². The van der Waals surface area contributed by atoms with E-state index in [1.54, 1.807) is 6.07 Å². The minimum absolute atomic E-state index is 0.0616. The quantitative estimate of drug-likeness (QED) is 0.852. The van der Waals surface area contributed by atoms with E-state index in [-0.39, 0.29) is 17.0 Å². The first kappa shape index (κ1) is 15.3. The predicted molar refractivity (Wildman–Crippen MR) is 83.4 cm³/mol. The number of nitrogens with zero attached hydrogens (tertiary/aromatic N) is 1. The number of aliphatic hydroxyl groups excluding tert-OH is 1. The van der Waals surface area contributed by atoms with E-state index in [9.17, 15) is 9.90 Å². The summed E-state index contributed by atoms with van der Waals surface area (Å²) in [6.07, 6.45) is 2.38. The zero-order valence-electron chi connectivity index (χ0n) is 12.7. The zero-order chi connectivity index (χ0) is 15.5. The van der Waals surface area contributed by atoms with E-state index in [0.717, 1.165) is 5.75 Å². The Morgan fingerprint density at radius 2 is 2.14 bits per heavy atom. The molecule has 0 saturated carbocycles. The van der Waals surface area contributed by atoms with Gasteiger partial charge in [-0.05, 0) is 24.5 Å². The summed E-state index contributed by atoms with van der Waals surface area (Å²) in [6.45, 7) is 6.45. The summed E-state index contributed by atoms with van der Waals surface area (Å²) in [5.41, 5.74) is 0.822. The molecule has 4 nitrogen and oxygen atoms in total. The summed E-state index contributed by atoms with van der Waals surface area (Å²) in [7, 11) is 0. The van der Waals surface area contributed by atoms with Crippen LogP contribution in [0.1, 0.15) is 33.6 Å². The zero-order valence-corrected chi connectivity index (χ0v) is 12.7. The van der Waals surface area contributed by atoms with Gasteiger partial charge in [-0.1, -0.05) is 19.9 Å². The number of Topliss-reactive ketones (excluding diaryl/α,β-unsaturated/α-hetero) is 1. The van der Waals surface area contributed by atoms with Crippen LogP contribution in [-0.4, -0.2) is 23.7 Å². The highest BCUT2D eigenvalue weighted by atomic mass is 16.5. The molecule has 0 radical (unpaired) electrons. The third kappa shape index (κ3) is 3.94. The van der Waals surface area contributed by atoms with Crippen molar-refractivity contribution in [3.05, 3.63) is 35.6 Å². The SMILES string of the molecule is CCOc1cccc(N=CC2=C(O)CC(C)(C)CC2=O)c1. The maximum Gasteiger partial charge on any atom is 0.168 e. The normalized spacial score (nSPS) is 18.3. The van der Waals surface area contributed by atoms with Crippen LogP contribution in [0, 0.1) is 5.41 Å². The minimum Gasteiger partial charge on any atom is -0.511 e. The Kier molecular flexibility index (Phi) is 4.46. The molecule has 2 rings (SSSR count). The molecule has 1 N–H and O–H groups in total. The maximum atomic E-state index is 12.1. The van der Waals surface area contributed by atoms with Crippen molar-refractivity contribution >= 4 is 17.7 Å². The molecule has 0 amide bonds. The standard InChI is InChI=1S/C17H21NO3/c1-4-21-13-7-5-6-12(8-13)18-11-14-15(19)9-17(2,3)10-16(14)20/h5-8,11,19H,4,9-10H2,1-3H3. The molecule has 1 aromatic rings. The van der Waals surface area contributed by atoms with Crippen LogP contribution in [-0.2, 0) is 4.79 Å². The summed E-state index contributed by atoms with van der Waals surface area (Å²) in [5, 5.41) is 10.0. The number of ether oxygens (including phenoxy) is 1. The third-order valence-electron chi connectivity index (χ3n) is 3.37. The fraction of sp³-hybridized carbons (Fsp3) is 0.412. The summed E-state index contributed by atoms with van der Waals surface area (Å²) in [6, 6.07) is 7.33. The second-order valence-electron chi connectivity index (χ2n) is 5.99. The molecule has 0 atom stereocenters. The molecule has 0 aliphatic heterocycles. The molecule has 1 aliphatic rings. The number of allylic oxidation sites excluding steroid dienone is 2. The smallest absolute Gasteiger partial charge is 0.168 e. The van der Waals surface area contributed by atoms with E-state index in [4.69, 9.17) is 4.74 Å². The molecular weight excluding hydrogens is 266 g/mol. The molecule has 1 aromatic carbocycles. The average molecular weight is 287 g/mol. The molecule has 1 aliphatic carbocycles. The number of benzene rings is 1. The van der Waals surface area contributed by atoms with E-state index < -0.39 is 0 Å². The highest BCUT2D eigenvalue weighted by molar-refractivity contribution is 6.14. The molecule has 112 valence electrons. The minimum atomic E-state index is -0.187. The summed E-state index contributed by atoms with van der Waals surface area (Å²) >= 11 is 0. The lowest BCUT2D eigenvalue weighted by molar-refractivity contribution is -0.117. The van der Waals surface area contributed by atoms with E-state index in [2.05, 4.69) is 4.99 Å². The molecule has 0 heterocycles. The molecule has 4 heteroatoms. The summed E-state index contributed by atoms with van der Waals surface area (Å²) in [4.78, 5) is 16.4. The highest BCUT2D eigenvalue weighted by Gasteiger charge is 2.32. The number of rotatable bonds is 4. The number of carbonyl (C=O) groups excluding carboxylic acids is 1. The van der Waals surface area contributed by atoms with Gasteiger partial charge in [-0.25, -0.2) is 0 Å². The third-order valence-corrected chi connectivity index (χ3v) is 3.37. The summed E-state index contributed by atoms with van der Waals surface area (Å²) < 4.78 is 5.41. The fourth-order valence-electron chi connectivity index (χ4n) is 2.41. The van der Waals surface area contributed by atoms with Crippen LogP contribution >= 0.6 is 0 Å². The molecule has 0 bridgehead atoms. The molecule has 0 unspecified atom stereocenters. The Balaban J connectivity index is 2.21. The number of aliphatic imine (C=N–C) groups is 1. The number of hydrogen-bond donors (Lipinski definition) is 1. The second-order valence-corrected chi connectivity index (χ2v) is 5.99. The maximum absolute atomic E-state index is 12.1. The van der Waals surface area contributed by atoms with Gasteiger partial charge in [-0.3, -0.25) is 9.79 Å². The van der Waals surface area contributed by atoms with Crippen molar-refractivity contribution in [2.75, 3.05) is 6.61 Å². The number of aliphatic hydroxyl groups is 1. The molecule has 0 spiro atoms. The van der Waals surface area contributed by atoms with Crippen molar-refractivity contribution < 1.29 is 14.6 Å². The molecule has 0 fully saturated rings. The van der Waals surface area contributed by atoms with Crippen molar-refractivity contribution in [2.45, 2.75) is 33.6 Å². The van der Waals surface area contributed by atoms with Crippen LogP contribution in [0.5, 0.6) is 5.75 Å². The Morgan fingerprint density at radius 3 is 2.81 bits per heavy atom. The van der Waals surface area contributed by atoms with Gasteiger partial charge in [0, 0.05) is 25.1 Å². The molecule has 0 saturated heterocycles. The first-order chi connectivity index (χ1) is 9.91. The number of ketones is 1. The van der Waals surface area contributed by atoms with Crippen LogP contribution in [0.15, 0.2) is 40.6 Å². The fourth-order valence-corrected chi connectivity index (χ4v) is 2.41. The Labute approximate surface area is 125 Å². The second kappa shape index (κ2) is 6.12. The Hall–Kier alpha value is -2.10. The lowest BCUT2D eigenvalue weighted by Crippen LogP contribution is -2.26. The lowest BCUT2D eigenvalue weighted by atomic mass is 9.77. The van der Waals surface area contributed by atoms with Crippen molar-refractivity contribution in [3.8, 4) is 5.75 Å². The highest BCUT2D eigenvalue weighted by Crippen LogP contribution is 2.35. The molecule has 21 heavy (non-hydrogen) atoms. The first-order valence-electron chi connectivity index (χ1n) is 7.13. The van der Waals surface area contributed by atoms with E-state index >= 15 is 0 Å². The van der Waals surface area contributed by atoms with Gasteiger partial charge in [-0.15, -0.1) is 0 Å². The van der Waals surface area contributed by atoms with E-state index in [1.807, 2.05) is 39.0 Å². The van der Waals surface area contributed by atoms with Gasteiger partial charge in [0.25, 0.3) is 0 Å². The topological polar surface area (TPSA) is 58.9 Å².